The first-order chi connectivity index (χ1) is 14.7. The molecule has 1 atom stereocenters. The number of para-hydroxylation sites is 2. The number of aliphatic hydroxyl groups is 1. The standard InChI is InChI=1S/C25H19FN2O2/c26-19-12-10-17(11-13-19)15-28-16-21(20-7-1-2-8-22(20)28)25(29)30-23-9-3-5-18-6-4-14-27-24(18)23/h1-14,16,25,29H,15H2. The molecule has 0 bridgehead atoms. The minimum atomic E-state index is -1.16. The van der Waals surface area contributed by atoms with Crippen molar-refractivity contribution < 1.29 is 14.2 Å². The van der Waals surface area contributed by atoms with Crippen LogP contribution in [0.2, 0.25) is 0 Å². The van der Waals surface area contributed by atoms with Crippen LogP contribution in [0.25, 0.3) is 21.8 Å². The third kappa shape index (κ3) is 3.40. The number of aromatic nitrogens is 2. The number of hydrogen-bond donors (Lipinski definition) is 1. The summed E-state index contributed by atoms with van der Waals surface area (Å²) in [5.74, 6) is 0.264. The van der Waals surface area contributed by atoms with Gasteiger partial charge in [0.25, 0.3) is 0 Å². The third-order valence-electron chi connectivity index (χ3n) is 5.19. The van der Waals surface area contributed by atoms with Crippen molar-refractivity contribution in [2.24, 2.45) is 0 Å². The Labute approximate surface area is 172 Å². The van der Waals surface area contributed by atoms with Gasteiger partial charge >= 0.3 is 0 Å². The van der Waals surface area contributed by atoms with Gasteiger partial charge in [-0.1, -0.05) is 48.5 Å². The Morgan fingerprint density at radius 2 is 1.73 bits per heavy atom. The van der Waals surface area contributed by atoms with E-state index in [1.165, 1.54) is 12.1 Å². The maximum atomic E-state index is 13.2. The van der Waals surface area contributed by atoms with Crippen molar-refractivity contribution in [2.45, 2.75) is 12.8 Å². The average molecular weight is 398 g/mol. The van der Waals surface area contributed by atoms with Crippen LogP contribution in [-0.2, 0) is 6.54 Å². The molecule has 2 aromatic heterocycles. The summed E-state index contributed by atoms with van der Waals surface area (Å²) in [4.78, 5) is 4.39. The SMILES string of the molecule is OC(Oc1cccc2cccnc12)c1cn(Cc2ccc(F)cc2)c2ccccc12. The van der Waals surface area contributed by atoms with Crippen LogP contribution < -0.4 is 4.74 Å². The second-order valence-corrected chi connectivity index (χ2v) is 7.16. The lowest BCUT2D eigenvalue weighted by molar-refractivity contribution is -0.0173. The fourth-order valence-electron chi connectivity index (χ4n) is 3.74. The summed E-state index contributed by atoms with van der Waals surface area (Å²) in [7, 11) is 0. The van der Waals surface area contributed by atoms with Gasteiger partial charge in [0, 0.05) is 40.8 Å². The molecule has 4 nitrogen and oxygen atoms in total. The number of hydrogen-bond acceptors (Lipinski definition) is 3. The molecule has 0 saturated carbocycles. The van der Waals surface area contributed by atoms with Crippen molar-refractivity contribution in [3.05, 3.63) is 108 Å². The number of ether oxygens (including phenoxy) is 1. The highest BCUT2D eigenvalue weighted by Crippen LogP contribution is 2.31. The lowest BCUT2D eigenvalue weighted by Crippen LogP contribution is -2.06. The predicted octanol–water partition coefficient (Wildman–Crippen LogP) is 5.45. The summed E-state index contributed by atoms with van der Waals surface area (Å²) in [6.07, 6.45) is 2.44. The summed E-state index contributed by atoms with van der Waals surface area (Å²) in [6, 6.07) is 23.7. The Balaban J connectivity index is 1.51. The van der Waals surface area contributed by atoms with Crippen molar-refractivity contribution in [3.8, 4) is 5.75 Å². The number of halogens is 1. The first kappa shape index (κ1) is 18.3. The Bertz CT molecular complexity index is 1320. The Morgan fingerprint density at radius 1 is 0.933 bits per heavy atom. The fraction of sp³-hybridized carbons (Fsp3) is 0.0800. The second kappa shape index (κ2) is 7.61. The number of benzene rings is 3. The van der Waals surface area contributed by atoms with Gasteiger partial charge in [-0.15, -0.1) is 0 Å². The molecule has 3 aromatic carbocycles. The quantitative estimate of drug-likeness (QED) is 0.401. The van der Waals surface area contributed by atoms with Crippen LogP contribution >= 0.6 is 0 Å². The molecule has 0 aliphatic carbocycles. The molecule has 1 unspecified atom stereocenters. The molecule has 2 heterocycles. The van der Waals surface area contributed by atoms with E-state index in [-0.39, 0.29) is 5.82 Å². The molecule has 0 amide bonds. The van der Waals surface area contributed by atoms with Crippen molar-refractivity contribution in [1.82, 2.24) is 9.55 Å². The Kier molecular flexibility index (Phi) is 4.65. The summed E-state index contributed by atoms with van der Waals surface area (Å²) < 4.78 is 21.2. The van der Waals surface area contributed by atoms with Crippen LogP contribution in [0.1, 0.15) is 17.4 Å². The van der Waals surface area contributed by atoms with Crippen LogP contribution in [0.5, 0.6) is 5.75 Å². The molecule has 0 spiro atoms. The molecule has 0 fully saturated rings. The lowest BCUT2D eigenvalue weighted by atomic mass is 10.1. The zero-order chi connectivity index (χ0) is 20.5. The minimum absolute atomic E-state index is 0.260. The van der Waals surface area contributed by atoms with Crippen LogP contribution in [0.3, 0.4) is 0 Å². The molecular formula is C25H19FN2O2. The predicted molar refractivity (Wildman–Crippen MR) is 115 cm³/mol. The van der Waals surface area contributed by atoms with Gasteiger partial charge in [-0.05, 0) is 35.9 Å². The highest BCUT2D eigenvalue weighted by molar-refractivity contribution is 5.85. The van der Waals surface area contributed by atoms with Crippen molar-refractivity contribution in [2.75, 3.05) is 0 Å². The van der Waals surface area contributed by atoms with Crippen LogP contribution in [0.4, 0.5) is 4.39 Å². The smallest absolute Gasteiger partial charge is 0.226 e. The molecular weight excluding hydrogens is 379 g/mol. The van der Waals surface area contributed by atoms with E-state index >= 15 is 0 Å². The normalized spacial score (nSPS) is 12.3. The average Bonchev–Trinajstić information content (AvgIpc) is 3.14. The van der Waals surface area contributed by atoms with Crippen LogP contribution in [0.15, 0.2) is 91.3 Å². The van der Waals surface area contributed by atoms with E-state index in [1.54, 1.807) is 24.4 Å². The fourth-order valence-corrected chi connectivity index (χ4v) is 3.74. The van der Waals surface area contributed by atoms with Crippen molar-refractivity contribution in [3.63, 3.8) is 0 Å². The minimum Gasteiger partial charge on any atom is -0.458 e. The van der Waals surface area contributed by atoms with E-state index in [0.717, 1.165) is 21.9 Å². The number of rotatable bonds is 5. The summed E-state index contributed by atoms with van der Waals surface area (Å²) in [6.45, 7) is 0.559. The first-order valence-electron chi connectivity index (χ1n) is 9.70. The second-order valence-electron chi connectivity index (χ2n) is 7.16. The molecule has 0 aliphatic heterocycles. The molecule has 5 aromatic rings. The van der Waals surface area contributed by atoms with Crippen molar-refractivity contribution >= 4 is 21.8 Å². The van der Waals surface area contributed by atoms with Gasteiger partial charge in [0.2, 0.25) is 6.29 Å². The molecule has 1 N–H and O–H groups in total. The summed E-state index contributed by atoms with van der Waals surface area (Å²) in [5.41, 5.74) is 3.31. The number of aliphatic hydroxyl groups excluding tert-OH is 1. The Morgan fingerprint density at radius 3 is 2.60 bits per heavy atom. The summed E-state index contributed by atoms with van der Waals surface area (Å²) in [5, 5.41) is 12.8. The Hall–Kier alpha value is -3.70. The van der Waals surface area contributed by atoms with Crippen molar-refractivity contribution in [1.29, 1.82) is 0 Å². The molecule has 5 heteroatoms. The van der Waals surface area contributed by atoms with Gasteiger partial charge in [-0.25, -0.2) is 4.39 Å². The van der Waals surface area contributed by atoms with E-state index in [9.17, 15) is 9.50 Å². The highest BCUT2D eigenvalue weighted by Gasteiger charge is 2.18. The van der Waals surface area contributed by atoms with Crippen LogP contribution in [0, 0.1) is 5.82 Å². The van der Waals surface area contributed by atoms with E-state index in [0.29, 0.717) is 23.4 Å². The maximum absolute atomic E-state index is 13.2. The van der Waals surface area contributed by atoms with Gasteiger partial charge < -0.3 is 14.4 Å². The molecule has 30 heavy (non-hydrogen) atoms. The van der Waals surface area contributed by atoms with Gasteiger partial charge in [0.15, 0.2) is 0 Å². The van der Waals surface area contributed by atoms with Gasteiger partial charge in [-0.3, -0.25) is 4.98 Å². The molecule has 148 valence electrons. The maximum Gasteiger partial charge on any atom is 0.226 e. The monoisotopic (exact) mass is 398 g/mol. The van der Waals surface area contributed by atoms with Gasteiger partial charge in [-0.2, -0.15) is 0 Å². The number of fused-ring (bicyclic) bond motifs is 2. The zero-order valence-corrected chi connectivity index (χ0v) is 16.1. The van der Waals surface area contributed by atoms with Gasteiger partial charge in [0.05, 0.1) is 0 Å². The largest absolute Gasteiger partial charge is 0.458 e. The first-order valence-corrected chi connectivity index (χ1v) is 9.70. The van der Waals surface area contributed by atoms with E-state index in [1.807, 2.05) is 59.3 Å². The lowest BCUT2D eigenvalue weighted by Gasteiger charge is -2.14. The molecule has 0 aliphatic rings. The van der Waals surface area contributed by atoms with E-state index in [4.69, 9.17) is 4.74 Å². The van der Waals surface area contributed by atoms with E-state index in [2.05, 4.69) is 4.98 Å². The molecule has 0 radical (unpaired) electrons. The summed E-state index contributed by atoms with van der Waals surface area (Å²) >= 11 is 0. The molecule has 0 saturated heterocycles. The highest BCUT2D eigenvalue weighted by atomic mass is 19.1. The zero-order valence-electron chi connectivity index (χ0n) is 16.1. The third-order valence-corrected chi connectivity index (χ3v) is 5.19. The number of nitrogens with zero attached hydrogens (tertiary/aromatic N) is 2. The van der Waals surface area contributed by atoms with Crippen LogP contribution in [-0.4, -0.2) is 14.7 Å². The van der Waals surface area contributed by atoms with Gasteiger partial charge in [0.1, 0.15) is 17.1 Å². The molecule has 5 rings (SSSR count). The number of pyridine rings is 1. The van der Waals surface area contributed by atoms with E-state index < -0.39 is 6.29 Å². The topological polar surface area (TPSA) is 47.3 Å².